The first-order valence-corrected chi connectivity index (χ1v) is 15.9. The van der Waals surface area contributed by atoms with Crippen molar-refractivity contribution >= 4 is 54.6 Å². The third kappa shape index (κ3) is 4.15. The van der Waals surface area contributed by atoms with Crippen molar-refractivity contribution in [2.45, 2.75) is 0 Å². The Hall–Kier alpha value is -6.59. The van der Waals surface area contributed by atoms with E-state index in [0.29, 0.717) is 17.5 Å². The van der Waals surface area contributed by atoms with E-state index in [-0.39, 0.29) is 0 Å². The number of nitrogens with zero attached hydrogens (tertiary/aromatic N) is 3. The van der Waals surface area contributed by atoms with Crippen molar-refractivity contribution in [1.82, 2.24) is 15.0 Å². The van der Waals surface area contributed by atoms with E-state index >= 15 is 0 Å². The molecule has 0 aliphatic heterocycles. The first kappa shape index (κ1) is 26.6. The summed E-state index contributed by atoms with van der Waals surface area (Å²) >= 11 is 0. The number of furan rings is 2. The number of para-hydroxylation sites is 1. The van der Waals surface area contributed by atoms with Gasteiger partial charge in [0.15, 0.2) is 17.5 Å². The number of hydrogen-bond donors (Lipinski definition) is 0. The second kappa shape index (κ2) is 10.5. The van der Waals surface area contributed by atoms with E-state index in [1.54, 1.807) is 0 Å². The molecule has 0 aliphatic rings. The van der Waals surface area contributed by atoms with Gasteiger partial charge in [0, 0.05) is 38.2 Å². The molecule has 5 nitrogen and oxygen atoms in total. The van der Waals surface area contributed by atoms with E-state index in [0.717, 1.165) is 82.5 Å². The molecule has 0 saturated carbocycles. The number of fused-ring (bicyclic) bond motifs is 8. The van der Waals surface area contributed by atoms with Gasteiger partial charge in [0.2, 0.25) is 0 Å². The van der Waals surface area contributed by atoms with E-state index in [1.165, 1.54) is 0 Å². The third-order valence-electron chi connectivity index (χ3n) is 9.11. The van der Waals surface area contributed by atoms with Gasteiger partial charge in [0.05, 0.1) is 0 Å². The Balaban J connectivity index is 1.33. The Morgan fingerprint density at radius 3 is 1.67 bits per heavy atom. The van der Waals surface area contributed by atoms with E-state index in [9.17, 15) is 0 Å². The lowest BCUT2D eigenvalue weighted by Gasteiger charge is -2.12. The Labute approximate surface area is 274 Å². The van der Waals surface area contributed by atoms with Crippen LogP contribution in [-0.4, -0.2) is 15.0 Å². The smallest absolute Gasteiger partial charge is 0.164 e. The van der Waals surface area contributed by atoms with Gasteiger partial charge in [0.1, 0.15) is 22.3 Å². The largest absolute Gasteiger partial charge is 0.456 e. The summed E-state index contributed by atoms with van der Waals surface area (Å²) in [6, 6.07) is 51.5. The van der Waals surface area contributed by atoms with Gasteiger partial charge >= 0.3 is 0 Å². The molecule has 0 radical (unpaired) electrons. The molecule has 10 rings (SSSR count). The van der Waals surface area contributed by atoms with Gasteiger partial charge in [-0.05, 0) is 52.2 Å². The van der Waals surface area contributed by atoms with Gasteiger partial charge in [-0.25, -0.2) is 15.0 Å². The van der Waals surface area contributed by atoms with Crippen molar-refractivity contribution in [2.75, 3.05) is 0 Å². The lowest BCUT2D eigenvalue weighted by Crippen LogP contribution is -2.00. The minimum atomic E-state index is 0.570. The molecule has 0 unspecified atom stereocenters. The molecular formula is C43H25N3O2. The number of benzene rings is 7. The molecule has 48 heavy (non-hydrogen) atoms. The highest BCUT2D eigenvalue weighted by molar-refractivity contribution is 6.25. The van der Waals surface area contributed by atoms with Crippen LogP contribution in [0.2, 0.25) is 0 Å². The molecule has 224 valence electrons. The fraction of sp³-hybridized carbons (Fsp3) is 0. The van der Waals surface area contributed by atoms with Gasteiger partial charge in [-0.1, -0.05) is 121 Å². The number of hydrogen-bond acceptors (Lipinski definition) is 5. The monoisotopic (exact) mass is 615 g/mol. The highest BCUT2D eigenvalue weighted by atomic mass is 16.3. The standard InChI is InChI=1S/C43H25N3O2/c1-3-13-27(14-4-1)41-44-42(28-15-5-2-6-16-28)46-43(45-41)29-24-33(31-19-11-21-35-38(31)32-18-9-10-20-34(32)47-35)40-37(25-29)48-36-23-22-26-12-7-8-17-30(26)39(36)40/h1-25H. The molecule has 7 aromatic carbocycles. The molecule has 3 aromatic heterocycles. The van der Waals surface area contributed by atoms with Crippen molar-refractivity contribution in [3.8, 4) is 45.3 Å². The topological polar surface area (TPSA) is 65.0 Å². The fourth-order valence-electron chi connectivity index (χ4n) is 6.95. The quantitative estimate of drug-likeness (QED) is 0.197. The molecule has 0 N–H and O–H groups in total. The summed E-state index contributed by atoms with van der Waals surface area (Å²) in [4.78, 5) is 15.1. The number of aromatic nitrogens is 3. The minimum absolute atomic E-state index is 0.570. The molecule has 0 aliphatic carbocycles. The van der Waals surface area contributed by atoms with Crippen LogP contribution in [0.5, 0.6) is 0 Å². The molecule has 5 heteroatoms. The first-order chi connectivity index (χ1) is 23.8. The van der Waals surface area contributed by atoms with Crippen LogP contribution in [-0.2, 0) is 0 Å². The van der Waals surface area contributed by atoms with Crippen LogP contribution in [0.15, 0.2) is 160 Å². The summed E-state index contributed by atoms with van der Waals surface area (Å²) in [5, 5.41) is 6.56. The molecule has 3 heterocycles. The summed E-state index contributed by atoms with van der Waals surface area (Å²) in [5.41, 5.74) is 8.04. The molecule has 0 saturated heterocycles. The lowest BCUT2D eigenvalue weighted by atomic mass is 9.92. The maximum Gasteiger partial charge on any atom is 0.164 e. The molecular weight excluding hydrogens is 590 g/mol. The second-order valence-electron chi connectivity index (χ2n) is 12.0. The summed E-state index contributed by atoms with van der Waals surface area (Å²) < 4.78 is 13.1. The van der Waals surface area contributed by atoms with Crippen molar-refractivity contribution in [3.05, 3.63) is 152 Å². The van der Waals surface area contributed by atoms with Crippen LogP contribution in [0.25, 0.3) is 99.9 Å². The first-order valence-electron chi connectivity index (χ1n) is 15.9. The van der Waals surface area contributed by atoms with E-state index in [4.69, 9.17) is 23.8 Å². The van der Waals surface area contributed by atoms with Crippen LogP contribution in [0, 0.1) is 0 Å². The van der Waals surface area contributed by atoms with Crippen molar-refractivity contribution in [1.29, 1.82) is 0 Å². The molecule has 10 aromatic rings. The maximum absolute atomic E-state index is 6.70. The Bertz CT molecular complexity index is 2780. The van der Waals surface area contributed by atoms with Crippen molar-refractivity contribution in [3.63, 3.8) is 0 Å². The number of rotatable bonds is 4. The van der Waals surface area contributed by atoms with E-state index in [1.807, 2.05) is 78.9 Å². The fourth-order valence-corrected chi connectivity index (χ4v) is 6.95. The average molecular weight is 616 g/mol. The SMILES string of the molecule is c1ccc(-c2nc(-c3ccccc3)nc(-c3cc(-c4cccc5oc6ccccc6c45)c4c(c3)oc3ccc5ccccc5c34)n2)cc1. The predicted molar refractivity (Wildman–Crippen MR) is 194 cm³/mol. The van der Waals surface area contributed by atoms with Crippen LogP contribution in [0.4, 0.5) is 0 Å². The van der Waals surface area contributed by atoms with Crippen molar-refractivity contribution in [2.24, 2.45) is 0 Å². The summed E-state index contributed by atoms with van der Waals surface area (Å²) in [7, 11) is 0. The van der Waals surface area contributed by atoms with E-state index in [2.05, 4.69) is 72.8 Å². The maximum atomic E-state index is 6.70. The molecule has 0 bridgehead atoms. The minimum Gasteiger partial charge on any atom is -0.456 e. The highest BCUT2D eigenvalue weighted by Crippen LogP contribution is 2.45. The Morgan fingerprint density at radius 1 is 0.333 bits per heavy atom. The van der Waals surface area contributed by atoms with Gasteiger partial charge in [-0.2, -0.15) is 0 Å². The molecule has 0 spiro atoms. The normalized spacial score (nSPS) is 11.8. The van der Waals surface area contributed by atoms with Gasteiger partial charge in [0.25, 0.3) is 0 Å². The van der Waals surface area contributed by atoms with Crippen LogP contribution >= 0.6 is 0 Å². The molecule has 0 fully saturated rings. The van der Waals surface area contributed by atoms with Crippen LogP contribution < -0.4 is 0 Å². The predicted octanol–water partition coefficient (Wildman–Crippen LogP) is 11.5. The Morgan fingerprint density at radius 2 is 0.917 bits per heavy atom. The molecule has 0 atom stereocenters. The lowest BCUT2D eigenvalue weighted by molar-refractivity contribution is 0.668. The second-order valence-corrected chi connectivity index (χ2v) is 12.0. The third-order valence-corrected chi connectivity index (χ3v) is 9.11. The van der Waals surface area contributed by atoms with Crippen molar-refractivity contribution < 1.29 is 8.83 Å². The zero-order chi connectivity index (χ0) is 31.6. The van der Waals surface area contributed by atoms with Gasteiger partial charge < -0.3 is 8.83 Å². The Kier molecular flexibility index (Phi) is 5.81. The van der Waals surface area contributed by atoms with Crippen LogP contribution in [0.3, 0.4) is 0 Å². The molecule has 0 amide bonds. The van der Waals surface area contributed by atoms with Gasteiger partial charge in [-0.15, -0.1) is 0 Å². The zero-order valence-corrected chi connectivity index (χ0v) is 25.6. The summed E-state index contributed by atoms with van der Waals surface area (Å²) in [6.07, 6.45) is 0. The zero-order valence-electron chi connectivity index (χ0n) is 25.6. The summed E-state index contributed by atoms with van der Waals surface area (Å²) in [6.45, 7) is 0. The van der Waals surface area contributed by atoms with E-state index < -0.39 is 0 Å². The average Bonchev–Trinajstić information content (AvgIpc) is 3.74. The summed E-state index contributed by atoms with van der Waals surface area (Å²) in [5.74, 6) is 1.79. The highest BCUT2D eigenvalue weighted by Gasteiger charge is 2.22. The van der Waals surface area contributed by atoms with Gasteiger partial charge in [-0.3, -0.25) is 0 Å². The van der Waals surface area contributed by atoms with Crippen LogP contribution in [0.1, 0.15) is 0 Å².